The van der Waals surface area contributed by atoms with Crippen LogP contribution in [0.25, 0.3) is 10.2 Å². The zero-order valence-electron chi connectivity index (χ0n) is 15.4. The minimum Gasteiger partial charge on any atom is -0.383 e. The lowest BCUT2D eigenvalue weighted by Gasteiger charge is -2.34. The van der Waals surface area contributed by atoms with E-state index in [0.717, 1.165) is 80.1 Å². The molecule has 0 radical (unpaired) electrons. The van der Waals surface area contributed by atoms with Gasteiger partial charge in [0.25, 0.3) is 0 Å². The molecule has 5 heterocycles. The van der Waals surface area contributed by atoms with Crippen LogP contribution in [-0.2, 0) is 9.47 Å². The molecule has 27 heavy (non-hydrogen) atoms. The van der Waals surface area contributed by atoms with E-state index in [-0.39, 0.29) is 0 Å². The van der Waals surface area contributed by atoms with Crippen LogP contribution >= 0.6 is 22.9 Å². The third kappa shape index (κ3) is 3.38. The van der Waals surface area contributed by atoms with E-state index in [1.165, 1.54) is 0 Å². The van der Waals surface area contributed by atoms with Crippen LogP contribution in [0.1, 0.15) is 6.42 Å². The molecule has 146 valence electrons. The summed E-state index contributed by atoms with van der Waals surface area (Å²) in [5.41, 5.74) is 0.980. The first-order chi connectivity index (χ1) is 13.2. The Hall–Kier alpha value is -1.19. The minimum absolute atomic E-state index is 0.323. The number of fused-ring (bicyclic) bond motifs is 3. The molecule has 0 spiro atoms. The number of piperazine rings is 1. The maximum Gasteiger partial charge on any atom is 0.186 e. The second kappa shape index (κ2) is 7.33. The lowest BCUT2D eigenvalue weighted by atomic mass is 10.2. The molecular formula is C18H24ClN5O2S. The maximum atomic E-state index is 6.34. The molecule has 0 amide bonds. The number of methoxy groups -OCH3 is 1. The van der Waals surface area contributed by atoms with Crippen LogP contribution in [0.5, 0.6) is 0 Å². The lowest BCUT2D eigenvalue weighted by Crippen LogP contribution is -2.47. The molecule has 0 aliphatic carbocycles. The summed E-state index contributed by atoms with van der Waals surface area (Å²) in [6.45, 7) is 7.50. The monoisotopic (exact) mass is 409 g/mol. The molecular weight excluding hydrogens is 386 g/mol. The highest BCUT2D eigenvalue weighted by molar-refractivity contribution is 7.22. The number of halogens is 1. The zero-order chi connectivity index (χ0) is 18.4. The van der Waals surface area contributed by atoms with Gasteiger partial charge in [0.2, 0.25) is 0 Å². The van der Waals surface area contributed by atoms with Crippen molar-refractivity contribution in [3.8, 4) is 0 Å². The van der Waals surface area contributed by atoms with E-state index in [4.69, 9.17) is 26.1 Å². The Morgan fingerprint density at radius 2 is 2.15 bits per heavy atom. The minimum atomic E-state index is 0.323. The van der Waals surface area contributed by atoms with Crippen LogP contribution < -0.4 is 9.80 Å². The van der Waals surface area contributed by atoms with Crippen LogP contribution in [0.2, 0.25) is 5.15 Å². The Morgan fingerprint density at radius 1 is 1.30 bits per heavy atom. The number of hydrogen-bond donors (Lipinski definition) is 0. The topological polar surface area (TPSA) is 54.0 Å². The molecule has 3 saturated heterocycles. The van der Waals surface area contributed by atoms with Crippen molar-refractivity contribution in [1.29, 1.82) is 0 Å². The van der Waals surface area contributed by atoms with E-state index in [9.17, 15) is 0 Å². The quantitative estimate of drug-likeness (QED) is 0.701. The SMILES string of the molecule is COCCN1CCN(c2nc3c(N4C[C@@H]5C[C@H]4CO5)nc(Cl)cc3s2)CC1. The van der Waals surface area contributed by atoms with Gasteiger partial charge in [-0.15, -0.1) is 0 Å². The molecule has 2 aromatic heterocycles. The van der Waals surface area contributed by atoms with Gasteiger partial charge < -0.3 is 19.3 Å². The molecule has 3 fully saturated rings. The van der Waals surface area contributed by atoms with Crippen molar-refractivity contribution in [3.05, 3.63) is 11.2 Å². The summed E-state index contributed by atoms with van der Waals surface area (Å²) in [6, 6.07) is 2.35. The summed E-state index contributed by atoms with van der Waals surface area (Å²) in [5, 5.41) is 1.61. The predicted molar refractivity (Wildman–Crippen MR) is 108 cm³/mol. The molecule has 3 aliphatic heterocycles. The van der Waals surface area contributed by atoms with E-state index >= 15 is 0 Å². The standard InChI is InChI=1S/C18H24ClN5O2S/c1-25-7-6-22-2-4-23(5-3-22)18-21-16-14(27-18)9-15(19)20-17(16)24-10-13-8-12(24)11-26-13/h9,12-13H,2-8,10-11H2,1H3/t12-,13-/m0/s1. The number of aromatic nitrogens is 2. The van der Waals surface area contributed by atoms with E-state index in [0.29, 0.717) is 17.3 Å². The van der Waals surface area contributed by atoms with Crippen molar-refractivity contribution in [2.45, 2.75) is 18.6 Å². The average molecular weight is 410 g/mol. The van der Waals surface area contributed by atoms with Crippen molar-refractivity contribution in [3.63, 3.8) is 0 Å². The largest absolute Gasteiger partial charge is 0.383 e. The summed E-state index contributed by atoms with van der Waals surface area (Å²) in [7, 11) is 1.76. The van der Waals surface area contributed by atoms with Crippen LogP contribution in [-0.4, -0.2) is 86.6 Å². The number of morpholine rings is 1. The Bertz CT molecular complexity index is 825. The average Bonchev–Trinajstić information content (AvgIpc) is 3.41. The molecule has 0 N–H and O–H groups in total. The molecule has 0 saturated carbocycles. The van der Waals surface area contributed by atoms with E-state index in [1.54, 1.807) is 18.4 Å². The van der Waals surface area contributed by atoms with Crippen LogP contribution in [0.15, 0.2) is 6.07 Å². The maximum absolute atomic E-state index is 6.34. The molecule has 2 aromatic rings. The van der Waals surface area contributed by atoms with Crippen LogP contribution in [0.3, 0.4) is 0 Å². The van der Waals surface area contributed by atoms with Gasteiger partial charge in [-0.05, 0) is 12.5 Å². The third-order valence-corrected chi connectivity index (χ3v) is 7.00. The van der Waals surface area contributed by atoms with Gasteiger partial charge >= 0.3 is 0 Å². The highest BCUT2D eigenvalue weighted by atomic mass is 35.5. The number of thiazole rings is 1. The van der Waals surface area contributed by atoms with Crippen molar-refractivity contribution >= 4 is 44.1 Å². The fourth-order valence-corrected chi connectivity index (χ4v) is 5.55. The molecule has 5 rings (SSSR count). The second-order valence-electron chi connectivity index (χ2n) is 7.43. The number of nitrogens with zero attached hydrogens (tertiary/aromatic N) is 5. The summed E-state index contributed by atoms with van der Waals surface area (Å²) < 4.78 is 12.0. The smallest absolute Gasteiger partial charge is 0.186 e. The van der Waals surface area contributed by atoms with Gasteiger partial charge in [-0.3, -0.25) is 4.90 Å². The number of anilines is 2. The summed E-state index contributed by atoms with van der Waals surface area (Å²) in [6.07, 6.45) is 1.40. The van der Waals surface area contributed by atoms with Crippen LogP contribution in [0, 0.1) is 0 Å². The molecule has 0 aromatic carbocycles. The first kappa shape index (κ1) is 17.9. The number of rotatable bonds is 5. The van der Waals surface area contributed by atoms with Gasteiger partial charge in [0.05, 0.1) is 30.1 Å². The van der Waals surface area contributed by atoms with E-state index in [2.05, 4.69) is 19.7 Å². The Labute approximate surface area is 167 Å². The number of ether oxygens (including phenoxy) is 2. The molecule has 0 unspecified atom stereocenters. The van der Waals surface area contributed by atoms with E-state index in [1.807, 2.05) is 6.07 Å². The number of hydrogen-bond acceptors (Lipinski definition) is 8. The number of pyridine rings is 1. The normalized spacial score (nSPS) is 25.9. The Kier molecular flexibility index (Phi) is 4.85. The zero-order valence-corrected chi connectivity index (χ0v) is 17.0. The van der Waals surface area contributed by atoms with E-state index < -0.39 is 0 Å². The summed E-state index contributed by atoms with van der Waals surface area (Å²) >= 11 is 8.06. The second-order valence-corrected chi connectivity index (χ2v) is 8.83. The fourth-order valence-electron chi connectivity index (χ4n) is 4.25. The molecule has 2 bridgehead atoms. The Morgan fingerprint density at radius 3 is 2.85 bits per heavy atom. The van der Waals surface area contributed by atoms with Crippen molar-refractivity contribution in [1.82, 2.24) is 14.9 Å². The molecule has 2 atom stereocenters. The van der Waals surface area contributed by atoms with Crippen molar-refractivity contribution in [2.75, 3.05) is 69.4 Å². The summed E-state index contributed by atoms with van der Waals surface area (Å²) in [5.74, 6) is 0.925. The van der Waals surface area contributed by atoms with Gasteiger partial charge in [0.15, 0.2) is 10.9 Å². The first-order valence-corrected chi connectivity index (χ1v) is 10.7. The van der Waals surface area contributed by atoms with Gasteiger partial charge in [-0.2, -0.15) is 0 Å². The highest BCUT2D eigenvalue weighted by Crippen LogP contribution is 2.39. The summed E-state index contributed by atoms with van der Waals surface area (Å²) in [4.78, 5) is 16.8. The molecule has 3 aliphatic rings. The third-order valence-electron chi connectivity index (χ3n) is 5.74. The van der Waals surface area contributed by atoms with Crippen molar-refractivity contribution < 1.29 is 9.47 Å². The van der Waals surface area contributed by atoms with Gasteiger partial charge in [0.1, 0.15) is 10.7 Å². The first-order valence-electron chi connectivity index (χ1n) is 9.53. The molecule has 7 nitrogen and oxygen atoms in total. The predicted octanol–water partition coefficient (Wildman–Crippen LogP) is 2.09. The fraction of sp³-hybridized carbons (Fsp3) is 0.667. The van der Waals surface area contributed by atoms with Crippen LogP contribution in [0.4, 0.5) is 10.9 Å². The molecule has 9 heteroatoms. The highest BCUT2D eigenvalue weighted by Gasteiger charge is 2.40. The van der Waals surface area contributed by atoms with Gasteiger partial charge in [-0.1, -0.05) is 22.9 Å². The Balaban J connectivity index is 1.39. The van der Waals surface area contributed by atoms with Gasteiger partial charge in [0, 0.05) is 46.4 Å². The van der Waals surface area contributed by atoms with Gasteiger partial charge in [-0.25, -0.2) is 9.97 Å². The lowest BCUT2D eigenvalue weighted by molar-refractivity contribution is 0.0990. The van der Waals surface area contributed by atoms with Crippen molar-refractivity contribution in [2.24, 2.45) is 0 Å².